The van der Waals surface area contributed by atoms with Gasteiger partial charge in [0, 0.05) is 49.4 Å². The molecule has 11 rings (SSSR count). The SMILES string of the molecule is [2H]c1c(-c2ccccc2)c([2H])c(-n2c3c([2H])c([2H])c([2H])c([2H])c3c3c([2H])c(-n4c5c([2H])c([2H])c([2H])c([2H])c5c5c([2H])c([2H])c([2H])c([2H])c54)c([2H])c([2H])c32)c([2H])c1-n1c2c([2H])c([2H])c([2H])c([2H])c2c2c([2H])c([2H])c([2H])c([2H])c21. The maximum Gasteiger partial charge on any atom is 0.0667 e. The Labute approximate surface area is 331 Å². The summed E-state index contributed by atoms with van der Waals surface area (Å²) < 4.78 is 240. The first kappa shape index (κ1) is 12.8. The van der Waals surface area contributed by atoms with Gasteiger partial charge in [0.2, 0.25) is 0 Å². The summed E-state index contributed by atoms with van der Waals surface area (Å²) in [6, 6.07) is -14.0. The van der Waals surface area contributed by atoms with Crippen LogP contribution in [0.1, 0.15) is 35.6 Å². The van der Waals surface area contributed by atoms with E-state index in [0.717, 1.165) is 13.7 Å². The van der Waals surface area contributed by atoms with Crippen LogP contribution in [0.3, 0.4) is 0 Å². The lowest BCUT2D eigenvalue weighted by Gasteiger charge is -2.16. The summed E-state index contributed by atoms with van der Waals surface area (Å²) in [5, 5.41) is -2.90. The molecule has 51 heavy (non-hydrogen) atoms. The summed E-state index contributed by atoms with van der Waals surface area (Å²) >= 11 is 0. The molecule has 8 aromatic carbocycles. The first-order chi connectivity index (χ1) is 36.2. The molecule has 0 unspecified atom stereocenters. The number of benzene rings is 8. The molecule has 0 radical (unpaired) electrons. The van der Waals surface area contributed by atoms with Crippen LogP contribution in [0.5, 0.6) is 0 Å². The molecule has 0 aliphatic carbocycles. The molecule has 0 fully saturated rings. The maximum absolute atomic E-state index is 10.2. The number of fused-ring (bicyclic) bond motifs is 9. The van der Waals surface area contributed by atoms with Crippen LogP contribution < -0.4 is 0 Å². The molecule has 0 spiro atoms. The van der Waals surface area contributed by atoms with Gasteiger partial charge in [-0.2, -0.15) is 0 Å². The second kappa shape index (κ2) is 10.8. The van der Waals surface area contributed by atoms with E-state index in [0.29, 0.717) is 0 Å². The van der Waals surface area contributed by atoms with Crippen molar-refractivity contribution in [2.45, 2.75) is 0 Å². The number of para-hydroxylation sites is 5. The number of rotatable bonds is 4. The smallest absolute Gasteiger partial charge is 0.0667 e. The van der Waals surface area contributed by atoms with Gasteiger partial charge in [-0.1, -0.05) is 121 Å². The lowest BCUT2D eigenvalue weighted by Crippen LogP contribution is -2.00. The van der Waals surface area contributed by atoms with Crippen molar-refractivity contribution in [2.75, 3.05) is 0 Å². The zero-order valence-corrected chi connectivity index (χ0v) is 25.7. The number of aromatic nitrogens is 3. The first-order valence-corrected chi connectivity index (χ1v) is 15.4. The van der Waals surface area contributed by atoms with Crippen LogP contribution in [0.4, 0.5) is 0 Å². The standard InChI is InChI=1S/C48H31N3/c1-2-14-32(15-3-1)33-28-35(50-45-23-11-6-18-39(45)40-19-7-12-24-46(40)50)30-36(29-33)51-47-25-13-8-20-41(47)42-31-34(26-27-48(42)51)49-43-21-9-4-16-37(43)38-17-5-10-22-44(38)49/h1-31H/i4D,5D,6D,7D,8D,9D,10D,11D,12D,13D,16D,17D,18D,19D,20D,21D,22D,23D,24D,25D,26D,27D,28D,29D,30D,31D. The van der Waals surface area contributed by atoms with Crippen molar-refractivity contribution < 1.29 is 35.6 Å². The van der Waals surface area contributed by atoms with Crippen LogP contribution in [-0.2, 0) is 0 Å². The highest BCUT2D eigenvalue weighted by molar-refractivity contribution is 6.13. The largest absolute Gasteiger partial charge is 0.309 e. The highest BCUT2D eigenvalue weighted by Crippen LogP contribution is 2.39. The molecule has 0 saturated heterocycles. The highest BCUT2D eigenvalue weighted by Gasteiger charge is 2.19. The van der Waals surface area contributed by atoms with E-state index in [2.05, 4.69) is 0 Å². The van der Waals surface area contributed by atoms with E-state index >= 15 is 0 Å². The molecule has 11 aromatic rings. The van der Waals surface area contributed by atoms with Gasteiger partial charge >= 0.3 is 0 Å². The molecule has 0 aliphatic rings. The summed E-state index contributed by atoms with van der Waals surface area (Å²) in [7, 11) is 0. The fourth-order valence-corrected chi connectivity index (χ4v) is 6.54. The second-order valence-corrected chi connectivity index (χ2v) is 11.4. The van der Waals surface area contributed by atoms with Crippen molar-refractivity contribution in [2.24, 2.45) is 0 Å². The molecule has 0 aliphatic heterocycles. The molecule has 0 N–H and O–H groups in total. The van der Waals surface area contributed by atoms with E-state index in [1.54, 1.807) is 6.07 Å². The van der Waals surface area contributed by atoms with Crippen molar-refractivity contribution in [3.8, 4) is 28.2 Å². The Bertz CT molecular complexity index is 4480. The predicted molar refractivity (Wildman–Crippen MR) is 215 cm³/mol. The first-order valence-electron chi connectivity index (χ1n) is 28.4. The Balaban J connectivity index is 1.43. The zero-order valence-electron chi connectivity index (χ0n) is 51.7. The molecular weight excluding hydrogens is 619 g/mol. The van der Waals surface area contributed by atoms with Crippen LogP contribution in [0, 0.1) is 0 Å². The van der Waals surface area contributed by atoms with Gasteiger partial charge in [0.15, 0.2) is 0 Å². The molecule has 0 saturated carbocycles. The molecule has 3 nitrogen and oxygen atoms in total. The minimum absolute atomic E-state index is 0.0912. The summed E-state index contributed by atoms with van der Waals surface area (Å²) in [5.74, 6) is 0. The van der Waals surface area contributed by atoms with Gasteiger partial charge in [0.05, 0.1) is 68.7 Å². The van der Waals surface area contributed by atoms with Crippen molar-refractivity contribution in [1.82, 2.24) is 13.7 Å². The van der Waals surface area contributed by atoms with Gasteiger partial charge in [0.25, 0.3) is 0 Å². The van der Waals surface area contributed by atoms with Crippen LogP contribution in [-0.4, -0.2) is 13.7 Å². The number of hydrogen-bond donors (Lipinski definition) is 0. The quantitative estimate of drug-likeness (QED) is 0.176. The number of nitrogens with zero attached hydrogens (tertiary/aromatic N) is 3. The molecule has 3 heteroatoms. The third-order valence-corrected chi connectivity index (χ3v) is 8.67. The minimum atomic E-state index is -0.992. The van der Waals surface area contributed by atoms with Crippen molar-refractivity contribution in [3.63, 3.8) is 0 Å². The van der Waals surface area contributed by atoms with Gasteiger partial charge in [-0.3, -0.25) is 0 Å². The van der Waals surface area contributed by atoms with Gasteiger partial charge in [-0.25, -0.2) is 0 Å². The fraction of sp³-hybridized carbons (Fsp3) is 0. The fourth-order valence-electron chi connectivity index (χ4n) is 6.54. The van der Waals surface area contributed by atoms with Crippen molar-refractivity contribution in [3.05, 3.63) is 187 Å². The second-order valence-electron chi connectivity index (χ2n) is 11.4. The molecular formula is C48H31N3. The molecule has 3 aromatic heterocycles. The van der Waals surface area contributed by atoms with Gasteiger partial charge in [-0.15, -0.1) is 0 Å². The molecule has 0 atom stereocenters. The summed E-state index contributed by atoms with van der Waals surface area (Å²) in [5.41, 5.74) is -5.83. The average molecular weight is 676 g/mol. The van der Waals surface area contributed by atoms with Crippen LogP contribution in [0.2, 0.25) is 0 Å². The van der Waals surface area contributed by atoms with E-state index in [1.165, 1.54) is 24.3 Å². The summed E-state index contributed by atoms with van der Waals surface area (Å²) in [4.78, 5) is 0. The third kappa shape index (κ3) is 4.12. The van der Waals surface area contributed by atoms with E-state index in [-0.39, 0.29) is 11.1 Å². The van der Waals surface area contributed by atoms with Gasteiger partial charge < -0.3 is 13.7 Å². The Morgan fingerprint density at radius 3 is 1.12 bits per heavy atom. The van der Waals surface area contributed by atoms with E-state index in [9.17, 15) is 13.7 Å². The van der Waals surface area contributed by atoms with Gasteiger partial charge in [-0.05, 0) is 77.6 Å². The Morgan fingerprint density at radius 2 is 0.667 bits per heavy atom. The summed E-state index contributed by atoms with van der Waals surface area (Å²) in [6.45, 7) is 0. The maximum atomic E-state index is 10.2. The molecule has 0 bridgehead atoms. The molecule has 0 amide bonds. The summed E-state index contributed by atoms with van der Waals surface area (Å²) in [6.07, 6.45) is 0. The minimum Gasteiger partial charge on any atom is -0.309 e. The Morgan fingerprint density at radius 1 is 0.294 bits per heavy atom. The highest BCUT2D eigenvalue weighted by atomic mass is 15.0. The van der Waals surface area contributed by atoms with E-state index in [4.69, 9.17) is 21.9 Å². The average Bonchev–Trinajstić information content (AvgIpc) is 4.16. The lowest BCUT2D eigenvalue weighted by molar-refractivity contribution is 1.13. The Kier molecular flexibility index (Phi) is 2.72. The molecule has 3 heterocycles. The van der Waals surface area contributed by atoms with Crippen LogP contribution in [0.15, 0.2) is 187 Å². The normalized spacial score (nSPS) is 19.1. The van der Waals surface area contributed by atoms with Crippen LogP contribution in [0.25, 0.3) is 93.6 Å². The van der Waals surface area contributed by atoms with Crippen molar-refractivity contribution in [1.29, 1.82) is 0 Å². The Hall–Kier alpha value is -6.84. The topological polar surface area (TPSA) is 14.8 Å². The van der Waals surface area contributed by atoms with Crippen LogP contribution >= 0.6 is 0 Å². The lowest BCUT2D eigenvalue weighted by atomic mass is 10.0. The molecule has 238 valence electrons. The zero-order chi connectivity index (χ0) is 56.1. The number of hydrogen-bond acceptors (Lipinski definition) is 0. The predicted octanol–water partition coefficient (Wildman–Crippen LogP) is 12.6. The van der Waals surface area contributed by atoms with Crippen molar-refractivity contribution >= 4 is 65.4 Å². The monoisotopic (exact) mass is 675 g/mol. The van der Waals surface area contributed by atoms with E-state index < -0.39 is 240 Å². The third-order valence-electron chi connectivity index (χ3n) is 8.67. The van der Waals surface area contributed by atoms with E-state index in [1.807, 2.05) is 0 Å². The van der Waals surface area contributed by atoms with Gasteiger partial charge in [0.1, 0.15) is 0 Å².